The monoisotopic (exact) mass is 330 g/mol. The van der Waals surface area contributed by atoms with Crippen molar-refractivity contribution >= 4 is 5.97 Å². The molecule has 0 aliphatic rings. The van der Waals surface area contributed by atoms with Gasteiger partial charge < -0.3 is 19.3 Å². The SMILES string of the molecule is COc1ccc(C)cc1CC(C(=O)O)c1ccc(OC)c(OC)c1. The van der Waals surface area contributed by atoms with E-state index in [9.17, 15) is 9.90 Å². The van der Waals surface area contributed by atoms with Gasteiger partial charge in [0.15, 0.2) is 11.5 Å². The Kier molecular flexibility index (Phi) is 5.68. The largest absolute Gasteiger partial charge is 0.496 e. The Morgan fingerprint density at radius 2 is 1.58 bits per heavy atom. The lowest BCUT2D eigenvalue weighted by atomic mass is 9.91. The standard InChI is InChI=1S/C19H22O5/c1-12-5-7-16(22-2)14(9-12)10-15(19(20)21)13-6-8-17(23-3)18(11-13)24-4/h5-9,11,15H,10H2,1-4H3,(H,20,21). The van der Waals surface area contributed by atoms with Crippen LogP contribution in [0.1, 0.15) is 22.6 Å². The zero-order valence-corrected chi connectivity index (χ0v) is 14.3. The van der Waals surface area contributed by atoms with Crippen LogP contribution in [0, 0.1) is 6.92 Å². The van der Waals surface area contributed by atoms with Gasteiger partial charge >= 0.3 is 5.97 Å². The van der Waals surface area contributed by atoms with E-state index < -0.39 is 11.9 Å². The summed E-state index contributed by atoms with van der Waals surface area (Å²) in [5.74, 6) is 0.162. The van der Waals surface area contributed by atoms with Crippen molar-refractivity contribution in [2.24, 2.45) is 0 Å². The number of benzene rings is 2. The Bertz CT molecular complexity index is 724. The van der Waals surface area contributed by atoms with Gasteiger partial charge in [0.1, 0.15) is 5.75 Å². The Hall–Kier alpha value is -2.69. The second-order valence-corrected chi connectivity index (χ2v) is 5.52. The molecule has 128 valence electrons. The molecule has 2 aromatic rings. The van der Waals surface area contributed by atoms with Gasteiger partial charge in [0.2, 0.25) is 0 Å². The fraction of sp³-hybridized carbons (Fsp3) is 0.316. The minimum Gasteiger partial charge on any atom is -0.496 e. The first kappa shape index (κ1) is 17.7. The van der Waals surface area contributed by atoms with E-state index in [1.807, 2.05) is 25.1 Å². The van der Waals surface area contributed by atoms with Crippen molar-refractivity contribution in [3.8, 4) is 17.2 Å². The van der Waals surface area contributed by atoms with Crippen LogP contribution >= 0.6 is 0 Å². The highest BCUT2D eigenvalue weighted by Crippen LogP contribution is 2.33. The van der Waals surface area contributed by atoms with Crippen molar-refractivity contribution in [3.63, 3.8) is 0 Å². The number of methoxy groups -OCH3 is 3. The van der Waals surface area contributed by atoms with Crippen LogP contribution in [0.15, 0.2) is 36.4 Å². The van der Waals surface area contributed by atoms with E-state index in [0.717, 1.165) is 11.1 Å². The smallest absolute Gasteiger partial charge is 0.311 e. The number of aliphatic carboxylic acids is 1. The Balaban J connectivity index is 2.41. The predicted molar refractivity (Wildman–Crippen MR) is 91.4 cm³/mol. The Morgan fingerprint density at radius 1 is 0.958 bits per heavy atom. The number of aryl methyl sites for hydroxylation is 1. The van der Waals surface area contributed by atoms with Gasteiger partial charge in [-0.3, -0.25) is 4.79 Å². The average Bonchev–Trinajstić information content (AvgIpc) is 2.59. The quantitative estimate of drug-likeness (QED) is 0.842. The number of carboxylic acids is 1. The van der Waals surface area contributed by atoms with E-state index in [-0.39, 0.29) is 0 Å². The molecule has 0 heterocycles. The zero-order chi connectivity index (χ0) is 17.7. The van der Waals surface area contributed by atoms with Crippen LogP contribution in [-0.4, -0.2) is 32.4 Å². The van der Waals surface area contributed by atoms with Gasteiger partial charge in [-0.1, -0.05) is 23.8 Å². The number of hydrogen-bond donors (Lipinski definition) is 1. The third-order valence-electron chi connectivity index (χ3n) is 3.97. The number of hydrogen-bond acceptors (Lipinski definition) is 4. The lowest BCUT2D eigenvalue weighted by Gasteiger charge is -2.17. The highest BCUT2D eigenvalue weighted by molar-refractivity contribution is 5.77. The summed E-state index contributed by atoms with van der Waals surface area (Å²) in [4.78, 5) is 11.8. The number of carbonyl (C=O) groups is 1. The van der Waals surface area contributed by atoms with Gasteiger partial charge in [0.05, 0.1) is 27.2 Å². The summed E-state index contributed by atoms with van der Waals surface area (Å²) in [6, 6.07) is 10.9. The maximum Gasteiger partial charge on any atom is 0.311 e. The van der Waals surface area contributed by atoms with Gasteiger partial charge in [0, 0.05) is 0 Å². The van der Waals surface area contributed by atoms with E-state index >= 15 is 0 Å². The molecule has 1 N–H and O–H groups in total. The molecular weight excluding hydrogens is 308 g/mol. The molecule has 0 saturated carbocycles. The van der Waals surface area contributed by atoms with Crippen molar-refractivity contribution in [3.05, 3.63) is 53.1 Å². The number of carboxylic acid groups (broad SMARTS) is 1. The maximum atomic E-state index is 11.8. The minimum absolute atomic E-state index is 0.329. The van der Waals surface area contributed by atoms with E-state index in [1.54, 1.807) is 32.4 Å². The van der Waals surface area contributed by atoms with Crippen LogP contribution in [0.3, 0.4) is 0 Å². The average molecular weight is 330 g/mol. The molecule has 1 atom stereocenters. The summed E-state index contributed by atoms with van der Waals surface area (Å²) in [5.41, 5.74) is 2.57. The molecule has 24 heavy (non-hydrogen) atoms. The van der Waals surface area contributed by atoms with Crippen LogP contribution < -0.4 is 14.2 Å². The van der Waals surface area contributed by atoms with Crippen molar-refractivity contribution in [2.75, 3.05) is 21.3 Å². The summed E-state index contributed by atoms with van der Waals surface area (Å²) in [6.45, 7) is 1.97. The molecule has 5 heteroatoms. The second kappa shape index (κ2) is 7.73. The van der Waals surface area contributed by atoms with Crippen molar-refractivity contribution in [1.29, 1.82) is 0 Å². The fourth-order valence-electron chi connectivity index (χ4n) is 2.70. The van der Waals surface area contributed by atoms with Crippen molar-refractivity contribution in [2.45, 2.75) is 19.3 Å². The molecule has 0 bridgehead atoms. The topological polar surface area (TPSA) is 65.0 Å². The zero-order valence-electron chi connectivity index (χ0n) is 14.3. The second-order valence-electron chi connectivity index (χ2n) is 5.52. The van der Waals surface area contributed by atoms with Crippen LogP contribution in [0.2, 0.25) is 0 Å². The lowest BCUT2D eigenvalue weighted by Crippen LogP contribution is -2.15. The maximum absolute atomic E-state index is 11.8. The van der Waals surface area contributed by atoms with Gasteiger partial charge in [-0.05, 0) is 42.7 Å². The summed E-state index contributed by atoms with van der Waals surface area (Å²) in [5, 5.41) is 9.70. The van der Waals surface area contributed by atoms with E-state index in [4.69, 9.17) is 14.2 Å². The summed E-state index contributed by atoms with van der Waals surface area (Å²) < 4.78 is 15.8. The van der Waals surface area contributed by atoms with Crippen LogP contribution in [0.5, 0.6) is 17.2 Å². The first-order valence-corrected chi connectivity index (χ1v) is 7.58. The normalized spacial score (nSPS) is 11.7. The molecule has 0 aromatic heterocycles. The fourth-order valence-corrected chi connectivity index (χ4v) is 2.70. The first-order valence-electron chi connectivity index (χ1n) is 7.58. The molecule has 2 aromatic carbocycles. The number of ether oxygens (including phenoxy) is 3. The predicted octanol–water partition coefficient (Wildman–Crippen LogP) is 3.43. The highest BCUT2D eigenvalue weighted by atomic mass is 16.5. The van der Waals surface area contributed by atoms with Gasteiger partial charge in [-0.15, -0.1) is 0 Å². The lowest BCUT2D eigenvalue weighted by molar-refractivity contribution is -0.138. The Morgan fingerprint density at radius 3 is 2.17 bits per heavy atom. The molecule has 0 aliphatic heterocycles. The molecule has 1 unspecified atom stereocenters. The summed E-state index contributed by atoms with van der Waals surface area (Å²) in [6.07, 6.45) is 0.329. The number of rotatable bonds is 7. The van der Waals surface area contributed by atoms with E-state index in [0.29, 0.717) is 29.2 Å². The molecule has 0 spiro atoms. The van der Waals surface area contributed by atoms with Gasteiger partial charge in [-0.2, -0.15) is 0 Å². The van der Waals surface area contributed by atoms with Crippen LogP contribution in [0.25, 0.3) is 0 Å². The van der Waals surface area contributed by atoms with Crippen LogP contribution in [-0.2, 0) is 11.2 Å². The molecule has 0 fully saturated rings. The molecule has 5 nitrogen and oxygen atoms in total. The van der Waals surface area contributed by atoms with Gasteiger partial charge in [-0.25, -0.2) is 0 Å². The Labute approximate surface area is 141 Å². The summed E-state index contributed by atoms with van der Waals surface area (Å²) in [7, 11) is 4.66. The third-order valence-corrected chi connectivity index (χ3v) is 3.97. The van der Waals surface area contributed by atoms with Crippen LogP contribution in [0.4, 0.5) is 0 Å². The summed E-state index contributed by atoms with van der Waals surface area (Å²) >= 11 is 0. The van der Waals surface area contributed by atoms with E-state index in [2.05, 4.69) is 0 Å². The molecular formula is C19H22O5. The minimum atomic E-state index is -0.897. The van der Waals surface area contributed by atoms with E-state index in [1.165, 1.54) is 7.11 Å². The first-order chi connectivity index (χ1) is 11.5. The van der Waals surface area contributed by atoms with Gasteiger partial charge in [0.25, 0.3) is 0 Å². The third kappa shape index (κ3) is 3.79. The van der Waals surface area contributed by atoms with Crippen molar-refractivity contribution in [1.82, 2.24) is 0 Å². The van der Waals surface area contributed by atoms with Crippen molar-refractivity contribution < 1.29 is 24.1 Å². The molecule has 0 amide bonds. The molecule has 0 radical (unpaired) electrons. The highest BCUT2D eigenvalue weighted by Gasteiger charge is 2.23. The molecule has 0 saturated heterocycles. The molecule has 0 aliphatic carbocycles. The molecule has 2 rings (SSSR count).